The molecule has 0 radical (unpaired) electrons. The first kappa shape index (κ1) is 12.4. The number of rotatable bonds is 4. The highest BCUT2D eigenvalue weighted by Gasteiger charge is 2.19. The number of pyridine rings is 1. The Kier molecular flexibility index (Phi) is 4.25. The molecule has 0 saturated heterocycles. The minimum Gasteiger partial charge on any atom is -0.399 e. The summed E-state index contributed by atoms with van der Waals surface area (Å²) in [6.07, 6.45) is 1.50. The normalized spacial score (nSPS) is 10.5. The number of aliphatic hydroxyl groups is 1. The maximum atomic E-state index is 12.0. The van der Waals surface area contributed by atoms with Crippen LogP contribution in [0.2, 0.25) is 0 Å². The summed E-state index contributed by atoms with van der Waals surface area (Å²) < 4.78 is 0. The van der Waals surface area contributed by atoms with Crippen molar-refractivity contribution in [3.05, 3.63) is 24.0 Å². The van der Waals surface area contributed by atoms with Gasteiger partial charge in [-0.25, -0.2) is 0 Å². The fourth-order valence-corrected chi connectivity index (χ4v) is 1.41. The average Bonchev–Trinajstić information content (AvgIpc) is 2.24. The van der Waals surface area contributed by atoms with Gasteiger partial charge < -0.3 is 15.7 Å². The minimum atomic E-state index is -0.212. The Morgan fingerprint density at radius 3 is 2.81 bits per heavy atom. The molecular formula is C11H17N3O2. The van der Waals surface area contributed by atoms with Gasteiger partial charge in [-0.15, -0.1) is 0 Å². The topological polar surface area (TPSA) is 79.5 Å². The first-order chi connectivity index (χ1) is 7.56. The quantitative estimate of drug-likeness (QED) is 0.779. The van der Waals surface area contributed by atoms with E-state index in [-0.39, 0.29) is 18.6 Å². The molecule has 0 unspecified atom stereocenters. The van der Waals surface area contributed by atoms with Gasteiger partial charge in [-0.3, -0.25) is 9.78 Å². The van der Waals surface area contributed by atoms with Gasteiger partial charge in [0.15, 0.2) is 0 Å². The van der Waals surface area contributed by atoms with Crippen LogP contribution < -0.4 is 5.73 Å². The summed E-state index contributed by atoms with van der Waals surface area (Å²) in [7, 11) is 0. The molecule has 0 fully saturated rings. The minimum absolute atomic E-state index is 0.0166. The van der Waals surface area contributed by atoms with Crippen molar-refractivity contribution in [1.29, 1.82) is 0 Å². The maximum absolute atomic E-state index is 12.0. The number of nitrogen functional groups attached to an aromatic ring is 1. The van der Waals surface area contributed by atoms with E-state index < -0.39 is 0 Å². The van der Waals surface area contributed by atoms with Crippen molar-refractivity contribution >= 4 is 11.6 Å². The largest absolute Gasteiger partial charge is 0.399 e. The third-order valence-corrected chi connectivity index (χ3v) is 2.23. The molecule has 16 heavy (non-hydrogen) atoms. The van der Waals surface area contributed by atoms with Crippen LogP contribution in [0.5, 0.6) is 0 Å². The predicted octanol–water partition coefficient (Wildman–Crippen LogP) is 0.507. The number of nitrogens with zero attached hydrogens (tertiary/aromatic N) is 2. The molecule has 5 heteroatoms. The highest BCUT2D eigenvalue weighted by molar-refractivity contribution is 5.93. The smallest absolute Gasteiger partial charge is 0.272 e. The Hall–Kier alpha value is -1.62. The zero-order valence-electron chi connectivity index (χ0n) is 9.55. The average molecular weight is 223 g/mol. The predicted molar refractivity (Wildman–Crippen MR) is 61.9 cm³/mol. The molecule has 5 nitrogen and oxygen atoms in total. The number of carbonyl (C=O) groups excluding carboxylic acids is 1. The van der Waals surface area contributed by atoms with E-state index in [4.69, 9.17) is 10.8 Å². The molecule has 88 valence electrons. The second kappa shape index (κ2) is 5.46. The molecule has 0 saturated carbocycles. The number of aliphatic hydroxyl groups excluding tert-OH is 1. The lowest BCUT2D eigenvalue weighted by atomic mass is 10.2. The Bertz CT molecular complexity index is 366. The third-order valence-electron chi connectivity index (χ3n) is 2.23. The summed E-state index contributed by atoms with van der Waals surface area (Å²) in [4.78, 5) is 17.6. The van der Waals surface area contributed by atoms with Gasteiger partial charge in [0, 0.05) is 24.5 Å². The Balaban J connectivity index is 2.90. The molecule has 0 atom stereocenters. The van der Waals surface area contributed by atoms with Crippen LogP contribution in [0.15, 0.2) is 18.3 Å². The van der Waals surface area contributed by atoms with Crippen LogP contribution in [0.3, 0.4) is 0 Å². The molecule has 1 aromatic heterocycles. The summed E-state index contributed by atoms with van der Waals surface area (Å²) in [5.41, 5.74) is 6.40. The summed E-state index contributed by atoms with van der Waals surface area (Å²) in [6.45, 7) is 4.01. The first-order valence-corrected chi connectivity index (χ1v) is 5.19. The number of aromatic nitrogens is 1. The van der Waals surface area contributed by atoms with Gasteiger partial charge in [-0.1, -0.05) is 0 Å². The van der Waals surface area contributed by atoms with Crippen molar-refractivity contribution in [3.63, 3.8) is 0 Å². The van der Waals surface area contributed by atoms with Crippen molar-refractivity contribution in [2.45, 2.75) is 19.9 Å². The number of anilines is 1. The van der Waals surface area contributed by atoms with E-state index in [0.29, 0.717) is 17.9 Å². The second-order valence-electron chi connectivity index (χ2n) is 3.79. The van der Waals surface area contributed by atoms with E-state index in [0.717, 1.165) is 0 Å². The van der Waals surface area contributed by atoms with E-state index in [1.807, 2.05) is 13.8 Å². The van der Waals surface area contributed by atoms with Gasteiger partial charge in [0.1, 0.15) is 5.69 Å². The lowest BCUT2D eigenvalue weighted by Gasteiger charge is -2.25. The zero-order valence-corrected chi connectivity index (χ0v) is 9.55. The maximum Gasteiger partial charge on any atom is 0.272 e. The molecule has 1 heterocycles. The lowest BCUT2D eigenvalue weighted by Crippen LogP contribution is -2.39. The lowest BCUT2D eigenvalue weighted by molar-refractivity contribution is 0.0659. The fourth-order valence-electron chi connectivity index (χ4n) is 1.41. The molecular weight excluding hydrogens is 206 g/mol. The van der Waals surface area contributed by atoms with Crippen molar-refractivity contribution in [3.8, 4) is 0 Å². The van der Waals surface area contributed by atoms with Gasteiger partial charge in [0.25, 0.3) is 5.91 Å². The number of nitrogens with two attached hydrogens (primary N) is 1. The summed E-state index contributed by atoms with van der Waals surface area (Å²) in [6, 6.07) is 3.18. The molecule has 0 aromatic carbocycles. The molecule has 1 amide bonds. The molecule has 1 rings (SSSR count). The Morgan fingerprint density at radius 1 is 1.62 bits per heavy atom. The first-order valence-electron chi connectivity index (χ1n) is 5.19. The molecule has 0 aliphatic carbocycles. The van der Waals surface area contributed by atoms with Crippen molar-refractivity contribution in [2.24, 2.45) is 0 Å². The highest BCUT2D eigenvalue weighted by Crippen LogP contribution is 2.08. The van der Waals surface area contributed by atoms with Gasteiger partial charge in [0.05, 0.1) is 6.61 Å². The van der Waals surface area contributed by atoms with Gasteiger partial charge >= 0.3 is 0 Å². The van der Waals surface area contributed by atoms with Crippen molar-refractivity contribution in [2.75, 3.05) is 18.9 Å². The van der Waals surface area contributed by atoms with Crippen LogP contribution in [0.25, 0.3) is 0 Å². The number of amides is 1. The Morgan fingerprint density at radius 2 is 2.31 bits per heavy atom. The number of hydrogen-bond donors (Lipinski definition) is 2. The SMILES string of the molecule is CC(C)N(CCO)C(=O)c1cc(N)ccn1. The zero-order chi connectivity index (χ0) is 12.1. The standard InChI is InChI=1S/C11H17N3O2/c1-8(2)14(5-6-15)11(16)10-7-9(12)3-4-13-10/h3-4,7-8,15H,5-6H2,1-2H3,(H2,12,13). The molecule has 0 bridgehead atoms. The third kappa shape index (κ3) is 2.93. The summed E-state index contributed by atoms with van der Waals surface area (Å²) in [5, 5.41) is 8.90. The van der Waals surface area contributed by atoms with Crippen LogP contribution in [0.1, 0.15) is 24.3 Å². The number of hydrogen-bond acceptors (Lipinski definition) is 4. The van der Waals surface area contributed by atoms with Crippen molar-refractivity contribution < 1.29 is 9.90 Å². The van der Waals surface area contributed by atoms with Crippen LogP contribution in [0.4, 0.5) is 5.69 Å². The van der Waals surface area contributed by atoms with Gasteiger partial charge in [0.2, 0.25) is 0 Å². The van der Waals surface area contributed by atoms with Crippen LogP contribution >= 0.6 is 0 Å². The summed E-state index contributed by atoms with van der Waals surface area (Å²) >= 11 is 0. The highest BCUT2D eigenvalue weighted by atomic mass is 16.3. The molecule has 0 spiro atoms. The van der Waals surface area contributed by atoms with Crippen molar-refractivity contribution in [1.82, 2.24) is 9.88 Å². The summed E-state index contributed by atoms with van der Waals surface area (Å²) in [5.74, 6) is -0.212. The Labute approximate surface area is 94.9 Å². The van der Waals surface area contributed by atoms with E-state index in [1.54, 1.807) is 11.0 Å². The van der Waals surface area contributed by atoms with Crippen LogP contribution in [-0.2, 0) is 0 Å². The van der Waals surface area contributed by atoms with E-state index >= 15 is 0 Å². The molecule has 1 aromatic rings. The fraction of sp³-hybridized carbons (Fsp3) is 0.455. The van der Waals surface area contributed by atoms with E-state index in [9.17, 15) is 4.79 Å². The van der Waals surface area contributed by atoms with E-state index in [1.165, 1.54) is 12.3 Å². The second-order valence-corrected chi connectivity index (χ2v) is 3.79. The van der Waals surface area contributed by atoms with Gasteiger partial charge in [-0.2, -0.15) is 0 Å². The van der Waals surface area contributed by atoms with Crippen LogP contribution in [-0.4, -0.2) is 40.1 Å². The molecule has 3 N–H and O–H groups in total. The molecule has 0 aliphatic rings. The number of carbonyl (C=O) groups is 1. The van der Waals surface area contributed by atoms with Crippen LogP contribution in [0, 0.1) is 0 Å². The van der Waals surface area contributed by atoms with Gasteiger partial charge in [-0.05, 0) is 26.0 Å². The van der Waals surface area contributed by atoms with E-state index in [2.05, 4.69) is 4.98 Å². The molecule has 0 aliphatic heterocycles. The monoisotopic (exact) mass is 223 g/mol.